The molecule has 0 aliphatic carbocycles. The molecule has 0 atom stereocenters. The molecule has 0 bridgehead atoms. The molecular weight excluding hydrogens is 300 g/mol. The van der Waals surface area contributed by atoms with Crippen LogP contribution in [0.2, 0.25) is 0 Å². The van der Waals surface area contributed by atoms with Gasteiger partial charge < -0.3 is 13.7 Å². The van der Waals surface area contributed by atoms with Crippen molar-refractivity contribution in [2.75, 3.05) is 6.26 Å². The first kappa shape index (κ1) is 17.0. The van der Waals surface area contributed by atoms with Crippen molar-refractivity contribution >= 4 is 22.1 Å². The third-order valence-corrected chi connectivity index (χ3v) is 2.78. The summed E-state index contributed by atoms with van der Waals surface area (Å²) in [5.74, 6) is -0.848. The van der Waals surface area contributed by atoms with Crippen LogP contribution in [0.3, 0.4) is 0 Å². The van der Waals surface area contributed by atoms with Crippen molar-refractivity contribution in [3.05, 3.63) is 29.3 Å². The monoisotopic (exact) mass is 316 g/mol. The van der Waals surface area contributed by atoms with E-state index in [2.05, 4.69) is 0 Å². The summed E-state index contributed by atoms with van der Waals surface area (Å²) in [4.78, 5) is 21.7. The van der Waals surface area contributed by atoms with Gasteiger partial charge >= 0.3 is 22.1 Å². The Hall–Kier alpha value is -2.09. The van der Waals surface area contributed by atoms with E-state index >= 15 is 0 Å². The van der Waals surface area contributed by atoms with Gasteiger partial charge in [-0.3, -0.25) is 9.59 Å². The zero-order chi connectivity index (χ0) is 16.0. The Morgan fingerprint density at radius 3 is 2.00 bits per heavy atom. The molecule has 0 spiro atoms. The normalized spacial score (nSPS) is 10.8. The predicted octanol–water partition coefficient (Wildman–Crippen LogP) is 1.15. The summed E-state index contributed by atoms with van der Waals surface area (Å²) < 4.78 is 36.7. The zero-order valence-electron chi connectivity index (χ0n) is 11.9. The van der Waals surface area contributed by atoms with E-state index in [-0.39, 0.29) is 19.0 Å². The van der Waals surface area contributed by atoms with Gasteiger partial charge in [-0.1, -0.05) is 6.07 Å². The molecule has 0 heterocycles. The first-order valence-electron chi connectivity index (χ1n) is 5.95. The third-order valence-electron chi connectivity index (χ3n) is 2.29. The Labute approximate surface area is 122 Å². The molecule has 1 rings (SSSR count). The Morgan fingerprint density at radius 1 is 1.00 bits per heavy atom. The van der Waals surface area contributed by atoms with Crippen LogP contribution in [0.1, 0.15) is 25.0 Å². The smallest absolute Gasteiger partial charge is 0.306 e. The van der Waals surface area contributed by atoms with Gasteiger partial charge in [0.15, 0.2) is 0 Å². The highest BCUT2D eigenvalue weighted by Crippen LogP contribution is 2.21. The third kappa shape index (κ3) is 6.75. The molecule has 0 aliphatic heterocycles. The zero-order valence-corrected chi connectivity index (χ0v) is 12.7. The highest BCUT2D eigenvalue weighted by Gasteiger charge is 2.11. The largest absolute Gasteiger partial charge is 0.461 e. The summed E-state index contributed by atoms with van der Waals surface area (Å²) in [6.07, 6.45) is 0.922. The minimum absolute atomic E-state index is 0.00884. The van der Waals surface area contributed by atoms with E-state index < -0.39 is 22.1 Å². The second-order valence-electron chi connectivity index (χ2n) is 4.28. The van der Waals surface area contributed by atoms with Crippen LogP contribution in [0.4, 0.5) is 0 Å². The lowest BCUT2D eigenvalue weighted by Crippen LogP contribution is -2.08. The van der Waals surface area contributed by atoms with E-state index in [9.17, 15) is 18.0 Å². The molecule has 0 unspecified atom stereocenters. The molecule has 1 aromatic carbocycles. The summed E-state index contributed by atoms with van der Waals surface area (Å²) in [5.41, 5.74) is 1.08. The Bertz CT molecular complexity index is 634. The molecule has 0 fully saturated rings. The van der Waals surface area contributed by atoms with Crippen molar-refractivity contribution in [3.8, 4) is 5.75 Å². The molecule has 8 heteroatoms. The highest BCUT2D eigenvalue weighted by atomic mass is 32.2. The summed E-state index contributed by atoms with van der Waals surface area (Å²) in [7, 11) is -3.66. The standard InChI is InChI=1S/C13H16O7S/c1-9(14)18-7-11-4-5-13(20-21(3,16)17)6-12(11)8-19-10(2)15/h4-6H,7-8H2,1-3H3. The van der Waals surface area contributed by atoms with Gasteiger partial charge in [0.05, 0.1) is 6.26 Å². The molecule has 0 aromatic heterocycles. The lowest BCUT2D eigenvalue weighted by Gasteiger charge is -2.12. The number of esters is 2. The summed E-state index contributed by atoms with van der Waals surface area (Å²) in [6.45, 7) is 2.44. The molecule has 0 amide bonds. The van der Waals surface area contributed by atoms with Gasteiger partial charge in [-0.05, 0) is 23.3 Å². The lowest BCUT2D eigenvalue weighted by molar-refractivity contribution is -0.143. The number of benzene rings is 1. The van der Waals surface area contributed by atoms with E-state index in [1.54, 1.807) is 6.07 Å². The maximum Gasteiger partial charge on any atom is 0.306 e. The van der Waals surface area contributed by atoms with Gasteiger partial charge in [0.2, 0.25) is 0 Å². The van der Waals surface area contributed by atoms with E-state index in [0.717, 1.165) is 6.26 Å². The molecular formula is C13H16O7S. The maximum atomic E-state index is 11.1. The highest BCUT2D eigenvalue weighted by molar-refractivity contribution is 7.86. The molecule has 1 aromatic rings. The Balaban J connectivity index is 3.00. The minimum atomic E-state index is -3.66. The topological polar surface area (TPSA) is 96.0 Å². The van der Waals surface area contributed by atoms with Crippen molar-refractivity contribution in [2.24, 2.45) is 0 Å². The Kier molecular flexibility index (Phi) is 5.71. The molecule has 0 aliphatic rings. The van der Waals surface area contributed by atoms with Crippen molar-refractivity contribution in [3.63, 3.8) is 0 Å². The van der Waals surface area contributed by atoms with Crippen LogP contribution in [-0.4, -0.2) is 26.6 Å². The average molecular weight is 316 g/mol. The van der Waals surface area contributed by atoms with Crippen LogP contribution < -0.4 is 4.18 Å². The van der Waals surface area contributed by atoms with Gasteiger partial charge in [-0.15, -0.1) is 0 Å². The Morgan fingerprint density at radius 2 is 1.52 bits per heavy atom. The number of ether oxygens (including phenoxy) is 2. The van der Waals surface area contributed by atoms with E-state index in [4.69, 9.17) is 13.7 Å². The number of hydrogen-bond acceptors (Lipinski definition) is 7. The second-order valence-corrected chi connectivity index (χ2v) is 5.85. The van der Waals surface area contributed by atoms with Crippen molar-refractivity contribution in [2.45, 2.75) is 27.1 Å². The van der Waals surface area contributed by atoms with Crippen LogP contribution >= 0.6 is 0 Å². The number of rotatable bonds is 6. The summed E-state index contributed by atoms with van der Waals surface area (Å²) in [6, 6.07) is 4.39. The molecule has 0 saturated carbocycles. The second kappa shape index (κ2) is 7.07. The predicted molar refractivity (Wildman–Crippen MR) is 72.9 cm³/mol. The number of hydrogen-bond donors (Lipinski definition) is 0. The van der Waals surface area contributed by atoms with E-state index in [1.165, 1.54) is 26.0 Å². The van der Waals surface area contributed by atoms with Gasteiger partial charge in [-0.25, -0.2) is 0 Å². The van der Waals surface area contributed by atoms with Gasteiger partial charge in [0.25, 0.3) is 0 Å². The van der Waals surface area contributed by atoms with Crippen molar-refractivity contribution in [1.82, 2.24) is 0 Å². The fourth-order valence-corrected chi connectivity index (χ4v) is 1.92. The van der Waals surface area contributed by atoms with Gasteiger partial charge in [0.1, 0.15) is 19.0 Å². The quantitative estimate of drug-likeness (QED) is 0.573. The van der Waals surface area contributed by atoms with Gasteiger partial charge in [-0.2, -0.15) is 8.42 Å². The fourth-order valence-electron chi connectivity index (χ4n) is 1.46. The first-order valence-corrected chi connectivity index (χ1v) is 7.77. The summed E-state index contributed by atoms with van der Waals surface area (Å²) in [5, 5.41) is 0. The number of carbonyl (C=O) groups is 2. The SMILES string of the molecule is CC(=O)OCc1ccc(OS(C)(=O)=O)cc1COC(C)=O. The fraction of sp³-hybridized carbons (Fsp3) is 0.385. The average Bonchev–Trinajstić information content (AvgIpc) is 2.32. The van der Waals surface area contributed by atoms with Crippen LogP contribution in [0.25, 0.3) is 0 Å². The van der Waals surface area contributed by atoms with Crippen molar-refractivity contribution in [1.29, 1.82) is 0 Å². The summed E-state index contributed by atoms with van der Waals surface area (Å²) >= 11 is 0. The van der Waals surface area contributed by atoms with Crippen LogP contribution in [-0.2, 0) is 42.4 Å². The van der Waals surface area contributed by atoms with Crippen LogP contribution in [0, 0.1) is 0 Å². The lowest BCUT2D eigenvalue weighted by atomic mass is 10.1. The van der Waals surface area contributed by atoms with Crippen molar-refractivity contribution < 1.29 is 31.7 Å². The maximum absolute atomic E-state index is 11.1. The minimum Gasteiger partial charge on any atom is -0.461 e. The van der Waals surface area contributed by atoms with Gasteiger partial charge in [0, 0.05) is 13.8 Å². The van der Waals surface area contributed by atoms with Crippen LogP contribution in [0.5, 0.6) is 5.75 Å². The number of carbonyl (C=O) groups excluding carboxylic acids is 2. The van der Waals surface area contributed by atoms with E-state index in [1.807, 2.05) is 0 Å². The molecule has 7 nitrogen and oxygen atoms in total. The molecule has 116 valence electrons. The molecule has 21 heavy (non-hydrogen) atoms. The van der Waals surface area contributed by atoms with Crippen LogP contribution in [0.15, 0.2) is 18.2 Å². The molecule has 0 radical (unpaired) electrons. The first-order chi connectivity index (χ1) is 9.67. The molecule has 0 N–H and O–H groups in total. The molecule has 0 saturated heterocycles. The van der Waals surface area contributed by atoms with E-state index in [0.29, 0.717) is 11.1 Å².